The highest BCUT2D eigenvalue weighted by molar-refractivity contribution is 6.20. The van der Waals surface area contributed by atoms with E-state index in [0.717, 1.165) is 105 Å². The molecule has 14 rings (SSSR count). The Hall–Kier alpha value is -9.26. The van der Waals surface area contributed by atoms with Crippen LogP contribution in [0.3, 0.4) is 0 Å². The Labute approximate surface area is 390 Å². The molecular formula is C62H37N5O. The second kappa shape index (κ2) is 15.2. The van der Waals surface area contributed by atoms with Gasteiger partial charge in [0.05, 0.1) is 22.2 Å². The summed E-state index contributed by atoms with van der Waals surface area (Å²) in [7, 11) is 0. The van der Waals surface area contributed by atoms with Crippen LogP contribution in [0.15, 0.2) is 229 Å². The van der Waals surface area contributed by atoms with Crippen molar-refractivity contribution >= 4 is 76.2 Å². The molecule has 4 heterocycles. The lowest BCUT2D eigenvalue weighted by atomic mass is 9.98. The second-order valence-electron chi connectivity index (χ2n) is 17.4. The zero-order valence-corrected chi connectivity index (χ0v) is 36.5. The molecule has 0 fully saturated rings. The van der Waals surface area contributed by atoms with Crippen molar-refractivity contribution < 1.29 is 4.42 Å². The molecule has 0 atom stereocenters. The Morgan fingerprint density at radius 3 is 1.75 bits per heavy atom. The topological polar surface area (TPSA) is 69.6 Å². The van der Waals surface area contributed by atoms with Crippen LogP contribution in [0, 0.1) is 0 Å². The molecule has 0 spiro atoms. The molecule has 0 N–H and O–H groups in total. The summed E-state index contributed by atoms with van der Waals surface area (Å²) < 4.78 is 8.80. The highest BCUT2D eigenvalue weighted by atomic mass is 16.3. The number of rotatable bonds is 6. The lowest BCUT2D eigenvalue weighted by molar-refractivity contribution is 0.670. The zero-order valence-electron chi connectivity index (χ0n) is 36.5. The van der Waals surface area contributed by atoms with Gasteiger partial charge in [0, 0.05) is 65.8 Å². The minimum Gasteiger partial charge on any atom is -0.455 e. The third-order valence-corrected chi connectivity index (χ3v) is 13.4. The van der Waals surface area contributed by atoms with Crippen molar-refractivity contribution in [3.05, 3.63) is 224 Å². The van der Waals surface area contributed by atoms with Gasteiger partial charge in [0.25, 0.3) is 0 Å². The molecule has 0 unspecified atom stereocenters. The van der Waals surface area contributed by atoms with Crippen LogP contribution in [-0.2, 0) is 0 Å². The van der Waals surface area contributed by atoms with Crippen LogP contribution in [0.25, 0.3) is 138 Å². The van der Waals surface area contributed by atoms with Crippen molar-refractivity contribution in [2.45, 2.75) is 0 Å². The van der Waals surface area contributed by atoms with Crippen LogP contribution in [0.5, 0.6) is 0 Å². The van der Waals surface area contributed by atoms with E-state index in [1.54, 1.807) is 0 Å². The van der Waals surface area contributed by atoms with E-state index in [0.29, 0.717) is 17.5 Å². The summed E-state index contributed by atoms with van der Waals surface area (Å²) in [5.41, 5.74) is 12.8. The smallest absolute Gasteiger partial charge is 0.164 e. The van der Waals surface area contributed by atoms with E-state index in [-0.39, 0.29) is 0 Å². The molecule has 316 valence electrons. The standard InChI is InChI=1S/C62H37N5O/c1-3-15-40(16-4-1)58-53-37-56-52(36-51(53)47-20-9-11-24-54(47)63-58)48-33-31-44(35-55(48)67(56)45-32-30-38-14-7-8-19-43(38)34-45)62-65-60(41-17-5-2-6-18-41)64-61(66-62)42-28-26-39(27-29-42)46-22-13-23-50-49-21-10-12-25-57(49)68-59(46)50/h1-37H. The molecule has 68 heavy (non-hydrogen) atoms. The maximum absolute atomic E-state index is 6.41. The van der Waals surface area contributed by atoms with E-state index in [9.17, 15) is 0 Å². The third kappa shape index (κ3) is 6.12. The highest BCUT2D eigenvalue weighted by Gasteiger charge is 2.21. The molecule has 0 radical (unpaired) electrons. The SMILES string of the molecule is c1ccc(-c2nc(-c3ccc(-c4cccc5c4oc4ccccc45)cc3)nc(-c3ccc4c5cc6c(cc5n(-c5ccc7ccccc7c5)c4c3)c(-c3ccccc3)nc3ccccc36)n2)cc1. The Kier molecular flexibility index (Phi) is 8.48. The normalized spacial score (nSPS) is 11.8. The number of fused-ring (bicyclic) bond motifs is 10. The molecule has 0 saturated carbocycles. The van der Waals surface area contributed by atoms with Gasteiger partial charge >= 0.3 is 0 Å². The monoisotopic (exact) mass is 867 g/mol. The average Bonchev–Trinajstić information content (AvgIpc) is 3.95. The number of nitrogens with zero attached hydrogens (tertiary/aromatic N) is 5. The molecule has 4 aromatic heterocycles. The summed E-state index contributed by atoms with van der Waals surface area (Å²) >= 11 is 0. The van der Waals surface area contributed by atoms with E-state index in [1.807, 2.05) is 42.5 Å². The average molecular weight is 868 g/mol. The van der Waals surface area contributed by atoms with Crippen molar-refractivity contribution in [2.24, 2.45) is 0 Å². The lowest BCUT2D eigenvalue weighted by Crippen LogP contribution is -2.00. The molecule has 10 aromatic carbocycles. The number of hydrogen-bond donors (Lipinski definition) is 0. The van der Waals surface area contributed by atoms with E-state index in [2.05, 4.69) is 187 Å². The van der Waals surface area contributed by atoms with Crippen molar-refractivity contribution in [3.63, 3.8) is 0 Å². The van der Waals surface area contributed by atoms with E-state index >= 15 is 0 Å². The Morgan fingerprint density at radius 2 is 0.941 bits per heavy atom. The first-order chi connectivity index (χ1) is 33.7. The molecule has 0 aliphatic rings. The molecular weight excluding hydrogens is 831 g/mol. The summed E-state index contributed by atoms with van der Waals surface area (Å²) in [4.78, 5) is 20.9. The van der Waals surface area contributed by atoms with Gasteiger partial charge in [-0.25, -0.2) is 19.9 Å². The van der Waals surface area contributed by atoms with Gasteiger partial charge in [-0.05, 0) is 64.2 Å². The number of furan rings is 1. The maximum atomic E-state index is 6.41. The molecule has 0 aliphatic carbocycles. The van der Waals surface area contributed by atoms with Gasteiger partial charge in [0.1, 0.15) is 11.2 Å². The van der Waals surface area contributed by atoms with Crippen LogP contribution < -0.4 is 0 Å². The van der Waals surface area contributed by atoms with Crippen LogP contribution in [0.4, 0.5) is 0 Å². The Balaban J connectivity index is 0.977. The predicted molar refractivity (Wildman–Crippen MR) is 279 cm³/mol. The highest BCUT2D eigenvalue weighted by Crippen LogP contribution is 2.42. The summed E-state index contributed by atoms with van der Waals surface area (Å²) in [5.74, 6) is 1.79. The fourth-order valence-corrected chi connectivity index (χ4v) is 10.1. The largest absolute Gasteiger partial charge is 0.455 e. The van der Waals surface area contributed by atoms with Gasteiger partial charge in [0.2, 0.25) is 0 Å². The summed E-state index contributed by atoms with van der Waals surface area (Å²) in [6.07, 6.45) is 0. The van der Waals surface area contributed by atoms with Gasteiger partial charge in [-0.1, -0.05) is 182 Å². The third-order valence-electron chi connectivity index (χ3n) is 13.4. The van der Waals surface area contributed by atoms with Crippen LogP contribution in [0.1, 0.15) is 0 Å². The van der Waals surface area contributed by atoms with Gasteiger partial charge in [-0.3, -0.25) is 0 Å². The number of aromatic nitrogens is 5. The minimum absolute atomic E-state index is 0.592. The number of hydrogen-bond acceptors (Lipinski definition) is 5. The number of pyridine rings is 1. The molecule has 0 bridgehead atoms. The summed E-state index contributed by atoms with van der Waals surface area (Å²) in [6, 6.07) is 78.7. The fraction of sp³-hybridized carbons (Fsp3) is 0. The first-order valence-corrected chi connectivity index (χ1v) is 22.9. The molecule has 6 nitrogen and oxygen atoms in total. The van der Waals surface area contributed by atoms with Crippen molar-refractivity contribution in [1.82, 2.24) is 24.5 Å². The van der Waals surface area contributed by atoms with Crippen LogP contribution in [-0.4, -0.2) is 24.5 Å². The second-order valence-corrected chi connectivity index (χ2v) is 17.4. The summed E-state index contributed by atoms with van der Waals surface area (Å²) in [5, 5.41) is 10.2. The predicted octanol–water partition coefficient (Wildman–Crippen LogP) is 16.1. The lowest BCUT2D eigenvalue weighted by Gasteiger charge is -2.13. The zero-order chi connectivity index (χ0) is 44.7. The van der Waals surface area contributed by atoms with Gasteiger partial charge in [-0.15, -0.1) is 0 Å². The number of para-hydroxylation sites is 3. The van der Waals surface area contributed by atoms with Crippen LogP contribution >= 0.6 is 0 Å². The van der Waals surface area contributed by atoms with E-state index in [1.165, 1.54) is 16.2 Å². The van der Waals surface area contributed by atoms with E-state index < -0.39 is 0 Å². The van der Waals surface area contributed by atoms with Crippen LogP contribution in [0.2, 0.25) is 0 Å². The Bertz CT molecular complexity index is 4310. The van der Waals surface area contributed by atoms with Crippen molar-refractivity contribution in [1.29, 1.82) is 0 Å². The minimum atomic E-state index is 0.592. The maximum Gasteiger partial charge on any atom is 0.164 e. The Morgan fingerprint density at radius 1 is 0.324 bits per heavy atom. The fourth-order valence-electron chi connectivity index (χ4n) is 10.1. The number of benzene rings is 10. The van der Waals surface area contributed by atoms with E-state index in [4.69, 9.17) is 24.4 Å². The van der Waals surface area contributed by atoms with Crippen molar-refractivity contribution in [3.8, 4) is 62.2 Å². The quantitative estimate of drug-likeness (QED) is 0.156. The first-order valence-electron chi connectivity index (χ1n) is 22.9. The van der Waals surface area contributed by atoms with Crippen molar-refractivity contribution in [2.75, 3.05) is 0 Å². The summed E-state index contributed by atoms with van der Waals surface area (Å²) in [6.45, 7) is 0. The molecule has 0 aliphatic heterocycles. The first kappa shape index (κ1) is 38.1. The molecule has 6 heteroatoms. The van der Waals surface area contributed by atoms with Gasteiger partial charge in [0.15, 0.2) is 17.5 Å². The molecule has 0 saturated heterocycles. The van der Waals surface area contributed by atoms with Gasteiger partial charge < -0.3 is 8.98 Å². The van der Waals surface area contributed by atoms with Gasteiger partial charge in [-0.2, -0.15) is 0 Å². The molecule has 0 amide bonds. The molecule has 14 aromatic rings.